The van der Waals surface area contributed by atoms with Gasteiger partial charge in [-0.2, -0.15) is 0 Å². The zero-order chi connectivity index (χ0) is 14.3. The highest BCUT2D eigenvalue weighted by molar-refractivity contribution is 5.81. The van der Waals surface area contributed by atoms with Gasteiger partial charge in [0.2, 0.25) is 5.91 Å². The van der Waals surface area contributed by atoms with Crippen LogP contribution in [0.2, 0.25) is 0 Å². The van der Waals surface area contributed by atoms with E-state index in [1.165, 1.54) is 32.1 Å². The minimum Gasteiger partial charge on any atom is -0.352 e. The molecule has 0 radical (unpaired) electrons. The lowest BCUT2D eigenvalue weighted by atomic mass is 10.0. The topological polar surface area (TPSA) is 41.1 Å². The van der Waals surface area contributed by atoms with Crippen LogP contribution in [-0.4, -0.2) is 24.0 Å². The van der Waals surface area contributed by atoms with E-state index in [1.807, 2.05) is 6.92 Å². The van der Waals surface area contributed by atoms with Gasteiger partial charge in [-0.15, -0.1) is 0 Å². The van der Waals surface area contributed by atoms with Gasteiger partial charge in [-0.05, 0) is 45.4 Å². The Balaban J connectivity index is 2.32. The van der Waals surface area contributed by atoms with Crippen LogP contribution >= 0.6 is 0 Å². The van der Waals surface area contributed by atoms with E-state index >= 15 is 0 Å². The van der Waals surface area contributed by atoms with Crippen molar-refractivity contribution in [2.75, 3.05) is 0 Å². The van der Waals surface area contributed by atoms with Crippen LogP contribution in [0.15, 0.2) is 0 Å². The summed E-state index contributed by atoms with van der Waals surface area (Å²) < 4.78 is 0. The fourth-order valence-corrected chi connectivity index (χ4v) is 2.96. The fraction of sp³-hybridized carbons (Fsp3) is 0.938. The van der Waals surface area contributed by atoms with Gasteiger partial charge in [0.1, 0.15) is 0 Å². The maximum atomic E-state index is 12.1. The van der Waals surface area contributed by atoms with Crippen LogP contribution < -0.4 is 10.6 Å². The third-order valence-electron chi connectivity index (χ3n) is 4.25. The highest BCUT2D eigenvalue weighted by atomic mass is 16.2. The first-order chi connectivity index (χ1) is 9.02. The second kappa shape index (κ2) is 8.57. The first-order valence-electron chi connectivity index (χ1n) is 8.09. The lowest BCUT2D eigenvalue weighted by molar-refractivity contribution is -0.123. The van der Waals surface area contributed by atoms with E-state index in [-0.39, 0.29) is 18.0 Å². The van der Waals surface area contributed by atoms with Crippen LogP contribution in [0, 0.1) is 5.92 Å². The molecular weight excluding hydrogens is 236 g/mol. The van der Waals surface area contributed by atoms with Crippen LogP contribution in [-0.2, 0) is 4.79 Å². The monoisotopic (exact) mass is 268 g/mol. The maximum Gasteiger partial charge on any atom is 0.237 e. The van der Waals surface area contributed by atoms with Crippen molar-refractivity contribution in [1.82, 2.24) is 10.6 Å². The molecule has 3 heteroatoms. The number of carbonyl (C=O) groups is 1. The summed E-state index contributed by atoms with van der Waals surface area (Å²) in [6.07, 6.45) is 8.52. The summed E-state index contributed by atoms with van der Waals surface area (Å²) in [5.41, 5.74) is 0. The summed E-state index contributed by atoms with van der Waals surface area (Å²) in [6, 6.07) is 0.737. The Kier molecular flexibility index (Phi) is 7.44. The molecule has 4 unspecified atom stereocenters. The first-order valence-corrected chi connectivity index (χ1v) is 8.09. The second-order valence-corrected chi connectivity index (χ2v) is 6.40. The summed E-state index contributed by atoms with van der Waals surface area (Å²) in [6.45, 7) is 8.56. The molecule has 4 atom stereocenters. The number of hydrogen-bond donors (Lipinski definition) is 2. The number of nitrogens with one attached hydrogen (secondary N) is 2. The highest BCUT2D eigenvalue weighted by Crippen LogP contribution is 2.22. The second-order valence-electron chi connectivity index (χ2n) is 6.40. The average molecular weight is 268 g/mol. The molecule has 0 spiro atoms. The predicted molar refractivity (Wildman–Crippen MR) is 81.1 cm³/mol. The molecular formula is C16H32N2O. The Hall–Kier alpha value is -0.570. The molecule has 1 amide bonds. The predicted octanol–water partition coefficient (Wildman–Crippen LogP) is 3.24. The Bertz CT molecular complexity index is 267. The number of amides is 1. The zero-order valence-electron chi connectivity index (χ0n) is 13.2. The molecule has 0 aromatic carbocycles. The van der Waals surface area contributed by atoms with E-state index in [9.17, 15) is 4.79 Å². The quantitative estimate of drug-likeness (QED) is 0.726. The van der Waals surface area contributed by atoms with E-state index in [1.54, 1.807) is 0 Å². The number of rotatable bonds is 6. The molecule has 19 heavy (non-hydrogen) atoms. The van der Waals surface area contributed by atoms with Crippen molar-refractivity contribution in [2.24, 2.45) is 5.92 Å². The van der Waals surface area contributed by atoms with E-state index in [2.05, 4.69) is 31.4 Å². The van der Waals surface area contributed by atoms with Crippen molar-refractivity contribution in [2.45, 2.75) is 90.8 Å². The number of hydrogen-bond acceptors (Lipinski definition) is 2. The smallest absolute Gasteiger partial charge is 0.237 e. The van der Waals surface area contributed by atoms with E-state index < -0.39 is 0 Å². The Morgan fingerprint density at radius 3 is 2.63 bits per heavy atom. The first kappa shape index (κ1) is 16.5. The van der Waals surface area contributed by atoms with Gasteiger partial charge < -0.3 is 10.6 Å². The summed E-state index contributed by atoms with van der Waals surface area (Å²) in [5.74, 6) is 0.999. The summed E-state index contributed by atoms with van der Waals surface area (Å²) in [4.78, 5) is 12.1. The van der Waals surface area contributed by atoms with Gasteiger partial charge in [-0.25, -0.2) is 0 Å². The highest BCUT2D eigenvalue weighted by Gasteiger charge is 2.21. The van der Waals surface area contributed by atoms with Gasteiger partial charge in [0, 0.05) is 12.1 Å². The van der Waals surface area contributed by atoms with Crippen molar-refractivity contribution in [3.8, 4) is 0 Å². The largest absolute Gasteiger partial charge is 0.352 e. The molecule has 0 heterocycles. The van der Waals surface area contributed by atoms with Gasteiger partial charge >= 0.3 is 0 Å². The van der Waals surface area contributed by atoms with Crippen LogP contribution in [0.1, 0.15) is 72.6 Å². The minimum absolute atomic E-state index is 0.0716. The van der Waals surface area contributed by atoms with Crippen LogP contribution in [0.5, 0.6) is 0 Å². The van der Waals surface area contributed by atoms with Crippen molar-refractivity contribution in [3.05, 3.63) is 0 Å². The van der Waals surface area contributed by atoms with E-state index in [4.69, 9.17) is 0 Å². The third-order valence-corrected chi connectivity index (χ3v) is 4.25. The summed E-state index contributed by atoms with van der Waals surface area (Å²) in [7, 11) is 0. The molecule has 1 aliphatic rings. The van der Waals surface area contributed by atoms with Crippen molar-refractivity contribution in [1.29, 1.82) is 0 Å². The molecule has 0 aliphatic heterocycles. The average Bonchev–Trinajstić information content (AvgIpc) is 2.54. The Morgan fingerprint density at radius 1 is 1.21 bits per heavy atom. The normalized spacial score (nSPS) is 27.4. The zero-order valence-corrected chi connectivity index (χ0v) is 13.2. The Morgan fingerprint density at radius 2 is 1.95 bits per heavy atom. The lowest BCUT2D eigenvalue weighted by Gasteiger charge is -2.23. The molecule has 0 saturated heterocycles. The number of carbonyl (C=O) groups excluding carboxylic acids is 1. The van der Waals surface area contributed by atoms with Gasteiger partial charge in [0.05, 0.1) is 6.04 Å². The standard InChI is InChI=1S/C16H32N2O/c1-5-7-13(3)17-16(19)14(4)18-15-9-6-8-12(2)10-11-15/h12-15,18H,5-11H2,1-4H3,(H,17,19). The maximum absolute atomic E-state index is 12.1. The molecule has 1 saturated carbocycles. The lowest BCUT2D eigenvalue weighted by Crippen LogP contribution is -2.48. The van der Waals surface area contributed by atoms with Crippen LogP contribution in [0.4, 0.5) is 0 Å². The Labute approximate surface area is 118 Å². The summed E-state index contributed by atoms with van der Waals surface area (Å²) in [5, 5.41) is 6.61. The van der Waals surface area contributed by atoms with Gasteiger partial charge in [0.15, 0.2) is 0 Å². The SMILES string of the molecule is CCCC(C)NC(=O)C(C)NC1CCCC(C)CC1. The third kappa shape index (κ3) is 6.42. The van der Waals surface area contributed by atoms with Crippen molar-refractivity contribution in [3.63, 3.8) is 0 Å². The van der Waals surface area contributed by atoms with E-state index in [0.29, 0.717) is 6.04 Å². The molecule has 2 N–H and O–H groups in total. The molecule has 0 aromatic heterocycles. The summed E-state index contributed by atoms with van der Waals surface area (Å²) >= 11 is 0. The molecule has 1 fully saturated rings. The molecule has 1 aliphatic carbocycles. The van der Waals surface area contributed by atoms with Crippen LogP contribution in [0.3, 0.4) is 0 Å². The molecule has 112 valence electrons. The van der Waals surface area contributed by atoms with Crippen LogP contribution in [0.25, 0.3) is 0 Å². The molecule has 0 bridgehead atoms. The van der Waals surface area contributed by atoms with E-state index in [0.717, 1.165) is 18.8 Å². The van der Waals surface area contributed by atoms with Crippen molar-refractivity contribution < 1.29 is 4.79 Å². The van der Waals surface area contributed by atoms with Crippen molar-refractivity contribution >= 4 is 5.91 Å². The minimum atomic E-state index is -0.0716. The van der Waals surface area contributed by atoms with Gasteiger partial charge in [-0.1, -0.05) is 33.1 Å². The molecule has 0 aromatic rings. The molecule has 3 nitrogen and oxygen atoms in total. The fourth-order valence-electron chi connectivity index (χ4n) is 2.96. The van der Waals surface area contributed by atoms with Gasteiger partial charge in [-0.3, -0.25) is 4.79 Å². The van der Waals surface area contributed by atoms with Gasteiger partial charge in [0.25, 0.3) is 0 Å². The molecule has 1 rings (SSSR count).